The van der Waals surface area contributed by atoms with E-state index in [9.17, 15) is 9.59 Å². The number of anilines is 4. The Balaban J connectivity index is 1.59. The number of carbonyl (C=O) groups excluding carboxylic acids is 2. The lowest BCUT2D eigenvalue weighted by Gasteiger charge is -2.62. The van der Waals surface area contributed by atoms with E-state index >= 15 is 0 Å². The Morgan fingerprint density at radius 3 is 1.04 bits per heavy atom. The van der Waals surface area contributed by atoms with Gasteiger partial charge in [0, 0.05) is 50.7 Å². The molecule has 0 saturated carbocycles. The molecule has 6 aromatic rings. The molecule has 0 fully saturated rings. The van der Waals surface area contributed by atoms with Gasteiger partial charge in [0.25, 0.3) is 0 Å². The summed E-state index contributed by atoms with van der Waals surface area (Å²) in [6, 6.07) is 48.0. The molecule has 2 aliphatic heterocycles. The first-order valence-corrected chi connectivity index (χ1v) is 17.7. The highest BCUT2D eigenvalue weighted by molar-refractivity contribution is 5.97. The monoisotopic (exact) mass is 682 g/mol. The van der Waals surface area contributed by atoms with E-state index in [1.807, 2.05) is 0 Å². The molecular formula is C46H38N2O4. The number of carbonyl (C=O) groups is 2. The Morgan fingerprint density at radius 2 is 0.731 bits per heavy atom. The van der Waals surface area contributed by atoms with Gasteiger partial charge in [-0.25, -0.2) is 0 Å². The van der Waals surface area contributed by atoms with E-state index in [-0.39, 0.29) is 25.2 Å². The molecule has 0 radical (unpaired) electrons. The summed E-state index contributed by atoms with van der Waals surface area (Å²) in [6.07, 6.45) is 0. The van der Waals surface area contributed by atoms with E-state index in [1.54, 1.807) is 0 Å². The second-order valence-corrected chi connectivity index (χ2v) is 13.9. The molecule has 6 heteroatoms. The van der Waals surface area contributed by atoms with Crippen LogP contribution in [0.25, 0.3) is 11.1 Å². The molecule has 9 rings (SSSR count). The first-order chi connectivity index (χ1) is 25.3. The smallest absolute Gasteiger partial charge is 0.302 e. The summed E-state index contributed by atoms with van der Waals surface area (Å²) in [4.78, 5) is 29.4. The maximum atomic E-state index is 12.4. The summed E-state index contributed by atoms with van der Waals surface area (Å²) in [5.41, 5.74) is 13.5. The lowest BCUT2D eigenvalue weighted by atomic mass is 9.41. The molecule has 52 heavy (non-hydrogen) atoms. The van der Waals surface area contributed by atoms with Crippen LogP contribution in [0, 0.1) is 0 Å². The zero-order valence-corrected chi connectivity index (χ0v) is 29.6. The molecular weight excluding hydrogens is 645 g/mol. The molecule has 0 aromatic heterocycles. The zero-order valence-electron chi connectivity index (χ0n) is 29.6. The summed E-state index contributed by atoms with van der Waals surface area (Å²) >= 11 is 0. The number of para-hydroxylation sites is 4. The van der Waals surface area contributed by atoms with Gasteiger partial charge in [-0.2, -0.15) is 0 Å². The third-order valence-electron chi connectivity index (χ3n) is 11.5. The highest BCUT2D eigenvalue weighted by atomic mass is 16.5. The van der Waals surface area contributed by atoms with Crippen LogP contribution in [0.4, 0.5) is 22.7 Å². The fourth-order valence-electron chi connectivity index (χ4n) is 9.69. The SMILES string of the molecule is CC(=O)OCc1cccc2c1-c1c(COC(C)=O)cccc1C1(c3ccccc3N(C)c3ccccc31)C21c2ccccc2N(C)c2ccccc21. The van der Waals surface area contributed by atoms with E-state index in [1.165, 1.54) is 36.1 Å². The Labute approximate surface area is 303 Å². The fourth-order valence-corrected chi connectivity index (χ4v) is 9.69. The van der Waals surface area contributed by atoms with Crippen LogP contribution in [0.15, 0.2) is 133 Å². The number of benzene rings is 6. The number of hydrogen-bond acceptors (Lipinski definition) is 6. The van der Waals surface area contributed by atoms with Gasteiger partial charge in [0.2, 0.25) is 0 Å². The van der Waals surface area contributed by atoms with Gasteiger partial charge < -0.3 is 19.3 Å². The molecule has 0 amide bonds. The van der Waals surface area contributed by atoms with Crippen LogP contribution in [0.5, 0.6) is 0 Å². The van der Waals surface area contributed by atoms with Crippen molar-refractivity contribution in [1.29, 1.82) is 0 Å². The van der Waals surface area contributed by atoms with Crippen molar-refractivity contribution >= 4 is 34.7 Å². The molecule has 6 nitrogen and oxygen atoms in total. The quantitative estimate of drug-likeness (QED) is 0.173. The molecule has 2 heterocycles. The van der Waals surface area contributed by atoms with Crippen LogP contribution in [0.2, 0.25) is 0 Å². The molecule has 0 bridgehead atoms. The van der Waals surface area contributed by atoms with Crippen molar-refractivity contribution in [2.45, 2.75) is 37.9 Å². The molecule has 0 saturated heterocycles. The van der Waals surface area contributed by atoms with Gasteiger partial charge >= 0.3 is 11.9 Å². The summed E-state index contributed by atoms with van der Waals surface area (Å²) in [6.45, 7) is 3.09. The van der Waals surface area contributed by atoms with Gasteiger partial charge in [0.1, 0.15) is 13.2 Å². The van der Waals surface area contributed by atoms with Crippen molar-refractivity contribution in [3.05, 3.63) is 178 Å². The zero-order chi connectivity index (χ0) is 35.8. The van der Waals surface area contributed by atoms with Crippen molar-refractivity contribution in [3.8, 4) is 11.1 Å². The molecule has 6 aromatic carbocycles. The normalized spacial score (nSPS) is 15.1. The minimum atomic E-state index is -0.839. The average Bonchev–Trinajstić information content (AvgIpc) is 3.17. The van der Waals surface area contributed by atoms with Crippen LogP contribution in [-0.4, -0.2) is 26.0 Å². The molecule has 0 atom stereocenters. The molecule has 256 valence electrons. The average molecular weight is 683 g/mol. The number of hydrogen-bond donors (Lipinski definition) is 0. The fraction of sp³-hybridized carbons (Fsp3) is 0.174. The van der Waals surface area contributed by atoms with Crippen molar-refractivity contribution in [1.82, 2.24) is 0 Å². The first-order valence-electron chi connectivity index (χ1n) is 17.7. The molecule has 2 spiro atoms. The van der Waals surface area contributed by atoms with Crippen LogP contribution >= 0.6 is 0 Å². The Kier molecular flexibility index (Phi) is 7.16. The van der Waals surface area contributed by atoms with Crippen LogP contribution < -0.4 is 9.80 Å². The highest BCUT2D eigenvalue weighted by Crippen LogP contribution is 2.72. The third-order valence-corrected chi connectivity index (χ3v) is 11.5. The maximum Gasteiger partial charge on any atom is 0.302 e. The summed E-state index contributed by atoms with van der Waals surface area (Å²) < 4.78 is 11.6. The van der Waals surface area contributed by atoms with Gasteiger partial charge in [-0.3, -0.25) is 9.59 Å². The minimum absolute atomic E-state index is 0.0992. The van der Waals surface area contributed by atoms with Crippen LogP contribution in [0.1, 0.15) is 58.4 Å². The van der Waals surface area contributed by atoms with E-state index in [0.29, 0.717) is 0 Å². The molecule has 1 aliphatic carbocycles. The van der Waals surface area contributed by atoms with Crippen molar-refractivity contribution in [2.75, 3.05) is 23.9 Å². The van der Waals surface area contributed by atoms with Crippen molar-refractivity contribution < 1.29 is 19.1 Å². The Morgan fingerprint density at radius 1 is 0.442 bits per heavy atom. The molecule has 0 N–H and O–H groups in total. The first kappa shape index (κ1) is 31.8. The second-order valence-electron chi connectivity index (χ2n) is 13.9. The number of nitrogens with zero attached hydrogens (tertiary/aromatic N) is 2. The molecule has 3 aliphatic rings. The lowest BCUT2D eigenvalue weighted by molar-refractivity contribution is -0.143. The summed E-state index contributed by atoms with van der Waals surface area (Å²) in [5, 5.41) is 0. The Bertz CT molecular complexity index is 2180. The van der Waals surface area contributed by atoms with Gasteiger partial charge in [0.15, 0.2) is 0 Å². The minimum Gasteiger partial charge on any atom is -0.461 e. The standard InChI is InChI=1S/C46H38N2O4/c1-29(49)51-27-31-15-13-21-37-43(31)44-32(28-52-30(2)50)16-14-22-38(44)46(35-19-7-11-25-41(35)48(4)42-26-12-8-20-36(42)46)45(37)33-17-5-9-23-39(33)47(3)40-24-10-6-18-34(40)45/h5-26H,27-28H2,1-4H3. The third kappa shape index (κ3) is 4.06. The van der Waals surface area contributed by atoms with E-state index in [4.69, 9.17) is 9.47 Å². The molecule has 0 unspecified atom stereocenters. The van der Waals surface area contributed by atoms with Crippen molar-refractivity contribution in [3.63, 3.8) is 0 Å². The van der Waals surface area contributed by atoms with E-state index in [0.717, 1.165) is 56.1 Å². The van der Waals surface area contributed by atoms with Gasteiger partial charge in [-0.05, 0) is 79.9 Å². The summed E-state index contributed by atoms with van der Waals surface area (Å²) in [5.74, 6) is -0.692. The highest BCUT2D eigenvalue weighted by Gasteiger charge is 2.66. The number of fused-ring (bicyclic) bond motifs is 14. The Hall–Kier alpha value is -6.14. The topological polar surface area (TPSA) is 59.1 Å². The largest absolute Gasteiger partial charge is 0.461 e. The van der Waals surface area contributed by atoms with Crippen LogP contribution in [-0.2, 0) is 43.1 Å². The van der Waals surface area contributed by atoms with Gasteiger partial charge in [-0.1, -0.05) is 109 Å². The van der Waals surface area contributed by atoms with E-state index < -0.39 is 10.8 Å². The van der Waals surface area contributed by atoms with Crippen molar-refractivity contribution in [2.24, 2.45) is 0 Å². The number of ether oxygens (including phenoxy) is 2. The number of rotatable bonds is 4. The summed E-state index contributed by atoms with van der Waals surface area (Å²) in [7, 11) is 4.31. The number of esters is 2. The predicted octanol–water partition coefficient (Wildman–Crippen LogP) is 9.32. The van der Waals surface area contributed by atoms with E-state index in [2.05, 4.69) is 157 Å². The lowest BCUT2D eigenvalue weighted by Crippen LogP contribution is -2.58. The van der Waals surface area contributed by atoms with Gasteiger partial charge in [-0.15, -0.1) is 0 Å². The predicted molar refractivity (Wildman–Crippen MR) is 204 cm³/mol. The van der Waals surface area contributed by atoms with Crippen LogP contribution in [0.3, 0.4) is 0 Å². The van der Waals surface area contributed by atoms with Gasteiger partial charge in [0.05, 0.1) is 10.8 Å². The maximum absolute atomic E-state index is 12.4. The second kappa shape index (κ2) is 11.7.